The van der Waals surface area contributed by atoms with Gasteiger partial charge in [0, 0.05) is 5.56 Å². The Morgan fingerprint density at radius 1 is 1.21 bits per heavy atom. The molecule has 2 aliphatic rings. The average molecular weight is 256 g/mol. The molecule has 2 fully saturated rings. The summed E-state index contributed by atoms with van der Waals surface area (Å²) in [5.74, 6) is 6.10. The number of rotatable bonds is 1. The predicted molar refractivity (Wildman–Crippen MR) is 74.6 cm³/mol. The van der Waals surface area contributed by atoms with Gasteiger partial charge < -0.3 is 9.84 Å². The van der Waals surface area contributed by atoms with Crippen LogP contribution < -0.4 is 0 Å². The van der Waals surface area contributed by atoms with Gasteiger partial charge in [0.15, 0.2) is 5.60 Å². The summed E-state index contributed by atoms with van der Waals surface area (Å²) in [6.45, 7) is 3.89. The summed E-state index contributed by atoms with van der Waals surface area (Å²) in [6, 6.07) is 9.78. The smallest absolute Gasteiger partial charge is 0.154 e. The van der Waals surface area contributed by atoms with Crippen molar-refractivity contribution in [1.29, 1.82) is 0 Å². The lowest BCUT2D eigenvalue weighted by molar-refractivity contribution is 0.0214. The molecule has 0 amide bonds. The standard InChI is InChI=1S/C17H20O2/c1-15(18,13-10-14-8-4-3-5-9-14)17-12-7-6-11-16(17,2)19-17/h3-5,8-9,18H,6-7,11-12H2,1-2H3. The molecule has 3 atom stereocenters. The normalized spacial score (nSPS) is 35.5. The molecule has 1 heterocycles. The lowest BCUT2D eigenvalue weighted by Crippen LogP contribution is -2.47. The van der Waals surface area contributed by atoms with Crippen LogP contribution in [0.1, 0.15) is 45.1 Å². The number of fused-ring (bicyclic) bond motifs is 1. The van der Waals surface area contributed by atoms with Crippen LogP contribution in [0, 0.1) is 11.8 Å². The van der Waals surface area contributed by atoms with E-state index in [1.807, 2.05) is 30.3 Å². The summed E-state index contributed by atoms with van der Waals surface area (Å²) in [5, 5.41) is 10.8. The van der Waals surface area contributed by atoms with Crippen molar-refractivity contribution < 1.29 is 9.84 Å². The Bertz CT molecular complexity index is 533. The first kappa shape index (κ1) is 12.7. The monoisotopic (exact) mass is 256 g/mol. The van der Waals surface area contributed by atoms with Gasteiger partial charge in [-0.05, 0) is 38.8 Å². The summed E-state index contributed by atoms with van der Waals surface area (Å²) in [5.41, 5.74) is -0.796. The first-order chi connectivity index (χ1) is 8.99. The van der Waals surface area contributed by atoms with Crippen molar-refractivity contribution in [1.82, 2.24) is 0 Å². The zero-order valence-corrected chi connectivity index (χ0v) is 11.6. The maximum absolute atomic E-state index is 10.8. The van der Waals surface area contributed by atoms with Crippen LogP contribution in [-0.4, -0.2) is 21.9 Å². The van der Waals surface area contributed by atoms with Crippen molar-refractivity contribution in [2.75, 3.05) is 0 Å². The van der Waals surface area contributed by atoms with Crippen LogP contribution in [0.15, 0.2) is 30.3 Å². The van der Waals surface area contributed by atoms with Crippen molar-refractivity contribution in [3.8, 4) is 11.8 Å². The van der Waals surface area contributed by atoms with Crippen LogP contribution in [0.3, 0.4) is 0 Å². The van der Waals surface area contributed by atoms with Crippen molar-refractivity contribution in [3.05, 3.63) is 35.9 Å². The lowest BCUT2D eigenvalue weighted by Gasteiger charge is -2.31. The molecule has 1 aliphatic heterocycles. The third kappa shape index (κ3) is 1.89. The van der Waals surface area contributed by atoms with Crippen molar-refractivity contribution in [3.63, 3.8) is 0 Å². The fraction of sp³-hybridized carbons (Fsp3) is 0.529. The number of ether oxygens (including phenoxy) is 1. The maximum Gasteiger partial charge on any atom is 0.154 e. The SMILES string of the molecule is CC(O)(C#Cc1ccccc1)C12CCCCC1(C)O2. The molecule has 0 radical (unpaired) electrons. The van der Waals surface area contributed by atoms with Gasteiger partial charge in [0.2, 0.25) is 0 Å². The Labute approximate surface area is 114 Å². The quantitative estimate of drug-likeness (QED) is 0.619. The Hall–Kier alpha value is -1.30. The lowest BCUT2D eigenvalue weighted by atomic mass is 9.71. The third-order valence-corrected chi connectivity index (χ3v) is 4.66. The van der Waals surface area contributed by atoms with Crippen LogP contribution in [-0.2, 0) is 4.74 Å². The molecule has 1 saturated carbocycles. The largest absolute Gasteiger partial charge is 0.375 e. The molecule has 2 heteroatoms. The highest BCUT2D eigenvalue weighted by atomic mass is 16.6. The molecule has 1 N–H and O–H groups in total. The first-order valence-corrected chi connectivity index (χ1v) is 7.00. The predicted octanol–water partition coefficient (Wildman–Crippen LogP) is 2.89. The van der Waals surface area contributed by atoms with Crippen molar-refractivity contribution >= 4 is 0 Å². The fourth-order valence-corrected chi connectivity index (χ4v) is 3.44. The first-order valence-electron chi connectivity index (χ1n) is 7.00. The molecule has 1 aromatic carbocycles. The van der Waals surface area contributed by atoms with E-state index in [9.17, 15) is 5.11 Å². The van der Waals surface area contributed by atoms with E-state index in [0.29, 0.717) is 0 Å². The van der Waals surface area contributed by atoms with Gasteiger partial charge in [-0.2, -0.15) is 0 Å². The zero-order valence-electron chi connectivity index (χ0n) is 11.6. The second-order valence-corrected chi connectivity index (χ2v) is 6.06. The number of epoxide rings is 1. The minimum atomic E-state index is -1.09. The Morgan fingerprint density at radius 3 is 2.58 bits per heavy atom. The van der Waals surface area contributed by atoms with Gasteiger partial charge in [-0.1, -0.05) is 42.9 Å². The van der Waals surface area contributed by atoms with Crippen LogP contribution >= 0.6 is 0 Å². The Balaban J connectivity index is 1.87. The van der Waals surface area contributed by atoms with E-state index in [-0.39, 0.29) is 5.60 Å². The molecule has 1 aromatic rings. The number of benzene rings is 1. The second kappa shape index (κ2) is 4.10. The molecule has 19 heavy (non-hydrogen) atoms. The molecule has 0 aromatic heterocycles. The number of aliphatic hydroxyl groups is 1. The van der Waals surface area contributed by atoms with E-state index in [2.05, 4.69) is 18.8 Å². The minimum absolute atomic E-state index is 0.180. The minimum Gasteiger partial charge on any atom is -0.375 e. The van der Waals surface area contributed by atoms with Crippen LogP contribution in [0.4, 0.5) is 0 Å². The highest BCUT2D eigenvalue weighted by Crippen LogP contribution is 2.62. The molecule has 2 nitrogen and oxygen atoms in total. The molecule has 1 saturated heterocycles. The van der Waals surface area contributed by atoms with E-state index < -0.39 is 11.2 Å². The molecule has 1 aliphatic carbocycles. The Morgan fingerprint density at radius 2 is 1.89 bits per heavy atom. The van der Waals surface area contributed by atoms with Gasteiger partial charge in [0.1, 0.15) is 5.60 Å². The fourth-order valence-electron chi connectivity index (χ4n) is 3.44. The van der Waals surface area contributed by atoms with Crippen molar-refractivity contribution in [2.24, 2.45) is 0 Å². The van der Waals surface area contributed by atoms with Crippen molar-refractivity contribution in [2.45, 2.75) is 56.3 Å². The maximum atomic E-state index is 10.8. The van der Waals surface area contributed by atoms with E-state index in [0.717, 1.165) is 24.8 Å². The molecular formula is C17H20O2. The van der Waals surface area contributed by atoms with Gasteiger partial charge in [-0.3, -0.25) is 0 Å². The van der Waals surface area contributed by atoms with Gasteiger partial charge in [-0.25, -0.2) is 0 Å². The van der Waals surface area contributed by atoms with Gasteiger partial charge >= 0.3 is 0 Å². The Kier molecular flexibility index (Phi) is 2.74. The number of hydrogen-bond acceptors (Lipinski definition) is 2. The summed E-state index contributed by atoms with van der Waals surface area (Å²) in [7, 11) is 0. The van der Waals surface area contributed by atoms with E-state index in [1.165, 1.54) is 6.42 Å². The molecule has 0 bridgehead atoms. The van der Waals surface area contributed by atoms with Gasteiger partial charge in [0.25, 0.3) is 0 Å². The summed E-state index contributed by atoms with van der Waals surface area (Å²) < 4.78 is 5.95. The average Bonchev–Trinajstić information content (AvgIpc) is 3.06. The molecule has 0 spiro atoms. The van der Waals surface area contributed by atoms with E-state index in [1.54, 1.807) is 6.92 Å². The third-order valence-electron chi connectivity index (χ3n) is 4.66. The summed E-state index contributed by atoms with van der Waals surface area (Å²) in [6.07, 6.45) is 4.22. The molecule has 3 unspecified atom stereocenters. The van der Waals surface area contributed by atoms with E-state index >= 15 is 0 Å². The molecule has 100 valence electrons. The van der Waals surface area contributed by atoms with Crippen LogP contribution in [0.2, 0.25) is 0 Å². The molecular weight excluding hydrogens is 236 g/mol. The topological polar surface area (TPSA) is 32.8 Å². The van der Waals surface area contributed by atoms with Crippen LogP contribution in [0.25, 0.3) is 0 Å². The summed E-state index contributed by atoms with van der Waals surface area (Å²) >= 11 is 0. The van der Waals surface area contributed by atoms with E-state index in [4.69, 9.17) is 4.74 Å². The second-order valence-electron chi connectivity index (χ2n) is 6.06. The number of hydrogen-bond donors (Lipinski definition) is 1. The van der Waals surface area contributed by atoms with Gasteiger partial charge in [-0.15, -0.1) is 0 Å². The summed E-state index contributed by atoms with van der Waals surface area (Å²) in [4.78, 5) is 0. The van der Waals surface area contributed by atoms with Gasteiger partial charge in [0.05, 0.1) is 5.60 Å². The highest BCUT2D eigenvalue weighted by molar-refractivity contribution is 5.40. The highest BCUT2D eigenvalue weighted by Gasteiger charge is 2.74. The van der Waals surface area contributed by atoms with Crippen LogP contribution in [0.5, 0.6) is 0 Å². The zero-order chi connectivity index (χ0) is 13.6. The molecule has 3 rings (SSSR count).